The van der Waals surface area contributed by atoms with Crippen molar-refractivity contribution in [2.24, 2.45) is 0 Å². The van der Waals surface area contributed by atoms with E-state index in [1.165, 1.54) is 11.1 Å². The molecule has 1 amide bonds. The first-order valence-electron chi connectivity index (χ1n) is 10.4. The molecule has 2 atom stereocenters. The fourth-order valence-electron chi connectivity index (χ4n) is 4.90. The molecule has 2 aromatic carbocycles. The first-order chi connectivity index (χ1) is 14.1. The molecule has 0 saturated carbocycles. The maximum absolute atomic E-state index is 13.3. The third-order valence-electron chi connectivity index (χ3n) is 6.39. The molecule has 1 fully saturated rings. The maximum atomic E-state index is 13.3. The third kappa shape index (κ3) is 3.84. The summed E-state index contributed by atoms with van der Waals surface area (Å²) in [6.07, 6.45) is 4.13. The Morgan fingerprint density at radius 1 is 1.10 bits per heavy atom. The summed E-state index contributed by atoms with van der Waals surface area (Å²) in [4.78, 5) is 17.5. The Kier molecular flexibility index (Phi) is 5.76. The van der Waals surface area contributed by atoms with Gasteiger partial charge < -0.3 is 14.4 Å². The summed E-state index contributed by atoms with van der Waals surface area (Å²) in [6, 6.07) is 14.8. The number of likely N-dealkylation sites (N-methyl/N-ethyl adjacent to an activating group) is 1. The highest BCUT2D eigenvalue weighted by atomic mass is 16.5. The summed E-state index contributed by atoms with van der Waals surface area (Å²) >= 11 is 0. The van der Waals surface area contributed by atoms with Crippen LogP contribution in [0.15, 0.2) is 42.5 Å². The van der Waals surface area contributed by atoms with Crippen molar-refractivity contribution in [2.75, 3.05) is 34.4 Å². The van der Waals surface area contributed by atoms with Gasteiger partial charge in [-0.05, 0) is 62.1 Å². The number of carbonyl (C=O) groups is 1. The van der Waals surface area contributed by atoms with Gasteiger partial charge in [-0.25, -0.2) is 0 Å². The number of benzene rings is 2. The molecule has 1 heterocycles. The van der Waals surface area contributed by atoms with Crippen LogP contribution in [0.5, 0.6) is 11.5 Å². The molecule has 29 heavy (non-hydrogen) atoms. The lowest BCUT2D eigenvalue weighted by atomic mass is 10.0. The van der Waals surface area contributed by atoms with Crippen LogP contribution in [0.4, 0.5) is 0 Å². The van der Waals surface area contributed by atoms with Crippen LogP contribution in [0, 0.1) is 0 Å². The van der Waals surface area contributed by atoms with E-state index in [9.17, 15) is 4.79 Å². The fourth-order valence-corrected chi connectivity index (χ4v) is 4.90. The van der Waals surface area contributed by atoms with Crippen LogP contribution >= 0.6 is 0 Å². The van der Waals surface area contributed by atoms with Crippen LogP contribution in [0.2, 0.25) is 0 Å². The molecule has 0 aromatic heterocycles. The summed E-state index contributed by atoms with van der Waals surface area (Å²) in [7, 11) is 5.41. The van der Waals surface area contributed by atoms with Crippen LogP contribution in [0.1, 0.15) is 48.0 Å². The molecule has 0 spiro atoms. The van der Waals surface area contributed by atoms with E-state index in [1.807, 2.05) is 23.1 Å². The summed E-state index contributed by atoms with van der Waals surface area (Å²) in [6.45, 7) is 1.22. The van der Waals surface area contributed by atoms with Gasteiger partial charge in [0, 0.05) is 18.2 Å². The number of amides is 1. The number of carbonyl (C=O) groups excluding carboxylic acids is 1. The Balaban J connectivity index is 1.50. The molecule has 1 aliphatic carbocycles. The van der Waals surface area contributed by atoms with E-state index >= 15 is 0 Å². The minimum atomic E-state index is 0.0387. The first kappa shape index (κ1) is 19.8. The molecule has 2 unspecified atom stereocenters. The highest BCUT2D eigenvalue weighted by Crippen LogP contribution is 2.40. The summed E-state index contributed by atoms with van der Waals surface area (Å²) in [5.74, 6) is 1.79. The number of nitrogens with zero attached hydrogens (tertiary/aromatic N) is 2. The molecule has 2 aliphatic rings. The third-order valence-corrected chi connectivity index (χ3v) is 6.39. The Bertz CT molecular complexity index is 882. The zero-order valence-corrected chi connectivity index (χ0v) is 17.6. The average molecular weight is 395 g/mol. The van der Waals surface area contributed by atoms with Gasteiger partial charge in [0.1, 0.15) is 11.5 Å². The quantitative estimate of drug-likeness (QED) is 0.743. The van der Waals surface area contributed by atoms with Crippen LogP contribution in [0.25, 0.3) is 0 Å². The molecule has 1 aliphatic heterocycles. The van der Waals surface area contributed by atoms with Crippen LogP contribution in [0.3, 0.4) is 0 Å². The monoisotopic (exact) mass is 394 g/mol. The average Bonchev–Trinajstić information content (AvgIpc) is 3.40. The van der Waals surface area contributed by atoms with Gasteiger partial charge in [0.05, 0.1) is 26.8 Å². The number of fused-ring (bicyclic) bond motifs is 1. The molecule has 2 aromatic rings. The number of hydrogen-bond acceptors (Lipinski definition) is 4. The van der Waals surface area contributed by atoms with Crippen molar-refractivity contribution >= 4 is 5.91 Å². The van der Waals surface area contributed by atoms with Crippen molar-refractivity contribution in [3.8, 4) is 11.5 Å². The number of likely N-dealkylation sites (tertiary alicyclic amines) is 1. The van der Waals surface area contributed by atoms with E-state index in [4.69, 9.17) is 9.47 Å². The van der Waals surface area contributed by atoms with E-state index in [0.717, 1.165) is 49.3 Å². The van der Waals surface area contributed by atoms with E-state index in [0.29, 0.717) is 12.6 Å². The minimum absolute atomic E-state index is 0.0387. The maximum Gasteiger partial charge on any atom is 0.237 e. The largest absolute Gasteiger partial charge is 0.497 e. The number of methoxy groups -OCH3 is 2. The Morgan fingerprint density at radius 2 is 1.93 bits per heavy atom. The number of aryl methyl sites for hydroxylation is 1. The Labute approximate surface area is 173 Å². The summed E-state index contributed by atoms with van der Waals surface area (Å²) < 4.78 is 11.0. The SMILES string of the molecule is COc1ccc(OC)c(C2CCCN2C(=O)CN(C)C2CCc3ccccc32)c1. The van der Waals surface area contributed by atoms with Crippen molar-refractivity contribution in [3.63, 3.8) is 0 Å². The van der Waals surface area contributed by atoms with Gasteiger partial charge in [-0.3, -0.25) is 9.69 Å². The van der Waals surface area contributed by atoms with Gasteiger partial charge in [0.15, 0.2) is 0 Å². The second-order valence-electron chi connectivity index (χ2n) is 8.02. The molecule has 4 rings (SSSR count). The molecule has 154 valence electrons. The summed E-state index contributed by atoms with van der Waals surface area (Å²) in [5.41, 5.74) is 3.82. The topological polar surface area (TPSA) is 42.0 Å². The first-order valence-corrected chi connectivity index (χ1v) is 10.4. The number of rotatable bonds is 6. The molecule has 5 heteroatoms. The van der Waals surface area contributed by atoms with Gasteiger partial charge in [0.25, 0.3) is 0 Å². The number of ether oxygens (including phenoxy) is 2. The molecular formula is C24H30N2O3. The van der Waals surface area contributed by atoms with Crippen molar-refractivity contribution < 1.29 is 14.3 Å². The number of hydrogen-bond donors (Lipinski definition) is 0. The van der Waals surface area contributed by atoms with E-state index in [-0.39, 0.29) is 11.9 Å². The molecule has 0 bridgehead atoms. The van der Waals surface area contributed by atoms with Gasteiger partial charge in [0.2, 0.25) is 5.91 Å². The zero-order chi connectivity index (χ0) is 20.4. The molecule has 5 nitrogen and oxygen atoms in total. The predicted octanol–water partition coefficient (Wildman–Crippen LogP) is 3.99. The molecule has 0 radical (unpaired) electrons. The van der Waals surface area contributed by atoms with E-state index in [1.54, 1.807) is 14.2 Å². The molecule has 0 N–H and O–H groups in total. The molecule has 1 saturated heterocycles. The fraction of sp³-hybridized carbons (Fsp3) is 0.458. The van der Waals surface area contributed by atoms with Crippen LogP contribution in [-0.4, -0.2) is 50.1 Å². The van der Waals surface area contributed by atoms with Crippen LogP contribution < -0.4 is 9.47 Å². The standard InChI is InChI=1S/C24H30N2O3/c1-25(21-12-10-17-7-4-5-8-19(17)21)16-24(27)26-14-6-9-22(26)20-15-18(28-2)11-13-23(20)29-3/h4-5,7-8,11,13,15,21-22H,6,9-10,12,14,16H2,1-3H3. The second kappa shape index (κ2) is 8.46. The predicted molar refractivity (Wildman–Crippen MR) is 113 cm³/mol. The lowest BCUT2D eigenvalue weighted by Crippen LogP contribution is -2.39. The summed E-state index contributed by atoms with van der Waals surface area (Å²) in [5, 5.41) is 0. The van der Waals surface area contributed by atoms with Crippen molar-refractivity contribution in [3.05, 3.63) is 59.2 Å². The smallest absolute Gasteiger partial charge is 0.237 e. The normalized spacial score (nSPS) is 20.8. The highest BCUT2D eigenvalue weighted by molar-refractivity contribution is 5.79. The Morgan fingerprint density at radius 3 is 2.72 bits per heavy atom. The minimum Gasteiger partial charge on any atom is -0.497 e. The second-order valence-corrected chi connectivity index (χ2v) is 8.02. The van der Waals surface area contributed by atoms with Gasteiger partial charge >= 0.3 is 0 Å². The Hall–Kier alpha value is -2.53. The lowest BCUT2D eigenvalue weighted by Gasteiger charge is -2.30. The van der Waals surface area contributed by atoms with E-state index in [2.05, 4.69) is 36.2 Å². The van der Waals surface area contributed by atoms with Gasteiger partial charge in [-0.15, -0.1) is 0 Å². The molecular weight excluding hydrogens is 364 g/mol. The van der Waals surface area contributed by atoms with Crippen molar-refractivity contribution in [2.45, 2.75) is 37.8 Å². The van der Waals surface area contributed by atoms with Gasteiger partial charge in [-0.2, -0.15) is 0 Å². The van der Waals surface area contributed by atoms with Crippen molar-refractivity contribution in [1.29, 1.82) is 0 Å². The van der Waals surface area contributed by atoms with Crippen molar-refractivity contribution in [1.82, 2.24) is 9.80 Å². The zero-order valence-electron chi connectivity index (χ0n) is 17.6. The highest BCUT2D eigenvalue weighted by Gasteiger charge is 2.34. The van der Waals surface area contributed by atoms with Crippen LogP contribution in [-0.2, 0) is 11.2 Å². The van der Waals surface area contributed by atoms with E-state index < -0.39 is 0 Å². The lowest BCUT2D eigenvalue weighted by molar-refractivity contribution is -0.133. The van der Waals surface area contributed by atoms with Gasteiger partial charge in [-0.1, -0.05) is 24.3 Å².